The van der Waals surface area contributed by atoms with Gasteiger partial charge in [-0.15, -0.1) is 24.0 Å². The molecule has 1 aliphatic heterocycles. The zero-order valence-corrected chi connectivity index (χ0v) is 19.2. The number of hydrogen-bond acceptors (Lipinski definition) is 5. The number of fused-ring (bicyclic) bond motifs is 1. The third-order valence-corrected chi connectivity index (χ3v) is 4.07. The van der Waals surface area contributed by atoms with Crippen LogP contribution in [-0.4, -0.2) is 36.7 Å². The van der Waals surface area contributed by atoms with Crippen LogP contribution in [0.25, 0.3) is 0 Å². The lowest BCUT2D eigenvalue weighted by Gasteiger charge is -2.27. The zero-order chi connectivity index (χ0) is 19.3. The van der Waals surface area contributed by atoms with E-state index in [9.17, 15) is 0 Å². The van der Waals surface area contributed by atoms with E-state index in [0.29, 0.717) is 31.5 Å². The molecular weight excluding hydrogens is 471 g/mol. The van der Waals surface area contributed by atoms with Crippen LogP contribution in [0, 0.1) is 0 Å². The van der Waals surface area contributed by atoms with Crippen LogP contribution in [0.5, 0.6) is 11.5 Å². The van der Waals surface area contributed by atoms with E-state index in [2.05, 4.69) is 41.4 Å². The second kappa shape index (κ2) is 9.99. The second-order valence-electron chi connectivity index (χ2n) is 7.44. The standard InChI is InChI=1S/C20H28N4O3.HI/c1-5-21-19(24-12-18-22-11-17(27-18)20(2,3)4)23-10-14-13-25-15-8-6-7-9-16(15)26-14;/h6-9,11,14H,5,10,12-13H2,1-4H3,(H2,21,23,24);1H. The van der Waals surface area contributed by atoms with Crippen LogP contribution in [0.15, 0.2) is 39.9 Å². The van der Waals surface area contributed by atoms with Crippen LogP contribution in [-0.2, 0) is 12.0 Å². The van der Waals surface area contributed by atoms with Gasteiger partial charge in [-0.05, 0) is 19.1 Å². The quantitative estimate of drug-likeness (QED) is 0.372. The van der Waals surface area contributed by atoms with Crippen molar-refractivity contribution >= 4 is 29.9 Å². The molecule has 0 radical (unpaired) electrons. The molecule has 7 nitrogen and oxygen atoms in total. The smallest absolute Gasteiger partial charge is 0.216 e. The lowest BCUT2D eigenvalue weighted by atomic mass is 9.94. The van der Waals surface area contributed by atoms with Gasteiger partial charge < -0.3 is 24.5 Å². The first-order valence-electron chi connectivity index (χ1n) is 9.31. The second-order valence-corrected chi connectivity index (χ2v) is 7.44. The molecule has 1 aromatic heterocycles. The molecule has 3 rings (SSSR count). The molecule has 0 amide bonds. The monoisotopic (exact) mass is 500 g/mol. The van der Waals surface area contributed by atoms with Crippen molar-refractivity contribution in [2.45, 2.75) is 45.8 Å². The normalized spacial score (nSPS) is 16.3. The summed E-state index contributed by atoms with van der Waals surface area (Å²) in [6.45, 7) is 10.5. The minimum atomic E-state index is -0.0852. The molecule has 1 atom stereocenters. The summed E-state index contributed by atoms with van der Waals surface area (Å²) in [4.78, 5) is 8.87. The third-order valence-electron chi connectivity index (χ3n) is 4.07. The molecule has 0 bridgehead atoms. The number of hydrogen-bond donors (Lipinski definition) is 2. The van der Waals surface area contributed by atoms with Crippen molar-refractivity contribution in [3.63, 3.8) is 0 Å². The topological polar surface area (TPSA) is 80.9 Å². The van der Waals surface area contributed by atoms with Crippen molar-refractivity contribution in [1.29, 1.82) is 0 Å². The minimum Gasteiger partial charge on any atom is -0.486 e. The Bertz CT molecular complexity index is 786. The molecule has 2 heterocycles. The van der Waals surface area contributed by atoms with E-state index in [0.717, 1.165) is 23.8 Å². The Morgan fingerprint density at radius 1 is 1.21 bits per heavy atom. The van der Waals surface area contributed by atoms with Gasteiger partial charge in [0.05, 0.1) is 12.7 Å². The first-order chi connectivity index (χ1) is 13.0. The molecule has 1 aromatic carbocycles. The van der Waals surface area contributed by atoms with Gasteiger partial charge in [0.25, 0.3) is 0 Å². The number of halogens is 1. The molecule has 0 saturated heterocycles. The highest BCUT2D eigenvalue weighted by Crippen LogP contribution is 2.30. The summed E-state index contributed by atoms with van der Waals surface area (Å²) in [6, 6.07) is 7.69. The summed E-state index contributed by atoms with van der Waals surface area (Å²) in [7, 11) is 0. The molecule has 1 unspecified atom stereocenters. The Hall–Kier alpha value is -1.97. The van der Waals surface area contributed by atoms with Gasteiger partial charge in [0.15, 0.2) is 17.5 Å². The highest BCUT2D eigenvalue weighted by Gasteiger charge is 2.21. The Balaban J connectivity index is 0.00000280. The molecule has 0 saturated carbocycles. The summed E-state index contributed by atoms with van der Waals surface area (Å²) in [5, 5.41) is 6.51. The van der Waals surface area contributed by atoms with Crippen LogP contribution < -0.4 is 20.1 Å². The lowest BCUT2D eigenvalue weighted by Crippen LogP contribution is -2.45. The SMILES string of the molecule is CCNC(=NCc1ncc(C(C)(C)C)o1)NCC1COc2ccccc2O1.I. The average Bonchev–Trinajstić information content (AvgIpc) is 3.13. The highest BCUT2D eigenvalue weighted by atomic mass is 127. The number of nitrogens with one attached hydrogen (secondary N) is 2. The van der Waals surface area contributed by atoms with E-state index in [4.69, 9.17) is 13.9 Å². The van der Waals surface area contributed by atoms with E-state index in [1.54, 1.807) is 6.20 Å². The average molecular weight is 500 g/mol. The van der Waals surface area contributed by atoms with E-state index >= 15 is 0 Å². The molecule has 1 aliphatic rings. The molecule has 0 aliphatic carbocycles. The molecule has 2 aromatic rings. The fourth-order valence-corrected chi connectivity index (χ4v) is 2.59. The van der Waals surface area contributed by atoms with Gasteiger partial charge in [0.1, 0.15) is 25.0 Å². The third kappa shape index (κ3) is 6.02. The maximum absolute atomic E-state index is 5.96. The summed E-state index contributed by atoms with van der Waals surface area (Å²) >= 11 is 0. The summed E-state index contributed by atoms with van der Waals surface area (Å²) in [5.74, 6) is 3.70. The first kappa shape index (κ1) is 22.3. The van der Waals surface area contributed by atoms with Crippen molar-refractivity contribution in [3.8, 4) is 11.5 Å². The van der Waals surface area contributed by atoms with Crippen LogP contribution in [0.1, 0.15) is 39.3 Å². The Kier molecular flexibility index (Phi) is 7.97. The van der Waals surface area contributed by atoms with Crippen molar-refractivity contribution < 1.29 is 13.9 Å². The van der Waals surface area contributed by atoms with Gasteiger partial charge in [-0.1, -0.05) is 32.9 Å². The predicted molar refractivity (Wildman–Crippen MR) is 120 cm³/mol. The van der Waals surface area contributed by atoms with Crippen molar-refractivity contribution in [2.75, 3.05) is 19.7 Å². The summed E-state index contributed by atoms with van der Waals surface area (Å²) in [5.41, 5.74) is -0.0632. The predicted octanol–water partition coefficient (Wildman–Crippen LogP) is 3.49. The van der Waals surface area contributed by atoms with E-state index < -0.39 is 0 Å². The van der Waals surface area contributed by atoms with Gasteiger partial charge in [0, 0.05) is 12.0 Å². The van der Waals surface area contributed by atoms with Gasteiger partial charge in [-0.3, -0.25) is 0 Å². The number of ether oxygens (including phenoxy) is 2. The molecule has 0 fully saturated rings. The number of para-hydroxylation sites is 2. The number of oxazole rings is 1. The number of benzene rings is 1. The Labute approximate surface area is 183 Å². The maximum atomic E-state index is 5.96. The van der Waals surface area contributed by atoms with Crippen LogP contribution in [0.4, 0.5) is 0 Å². The highest BCUT2D eigenvalue weighted by molar-refractivity contribution is 14.0. The van der Waals surface area contributed by atoms with Crippen molar-refractivity contribution in [2.24, 2.45) is 4.99 Å². The Morgan fingerprint density at radius 3 is 2.64 bits per heavy atom. The molecule has 0 spiro atoms. The van der Waals surface area contributed by atoms with Crippen molar-refractivity contribution in [3.05, 3.63) is 42.1 Å². The molecule has 28 heavy (non-hydrogen) atoms. The van der Waals surface area contributed by atoms with Crippen LogP contribution in [0.3, 0.4) is 0 Å². The van der Waals surface area contributed by atoms with E-state index in [1.165, 1.54) is 0 Å². The number of nitrogens with zero attached hydrogens (tertiary/aromatic N) is 2. The number of aromatic nitrogens is 1. The first-order valence-corrected chi connectivity index (χ1v) is 9.31. The maximum Gasteiger partial charge on any atom is 0.216 e. The van der Waals surface area contributed by atoms with Gasteiger partial charge >= 0.3 is 0 Å². The van der Waals surface area contributed by atoms with Crippen molar-refractivity contribution in [1.82, 2.24) is 15.6 Å². The molecule has 2 N–H and O–H groups in total. The van der Waals surface area contributed by atoms with Gasteiger partial charge in [-0.25, -0.2) is 9.98 Å². The molecule has 154 valence electrons. The van der Waals surface area contributed by atoms with Gasteiger partial charge in [-0.2, -0.15) is 0 Å². The fraction of sp³-hybridized carbons (Fsp3) is 0.500. The number of rotatable bonds is 5. The summed E-state index contributed by atoms with van der Waals surface area (Å²) < 4.78 is 17.5. The van der Waals surface area contributed by atoms with E-state index in [1.807, 2.05) is 31.2 Å². The summed E-state index contributed by atoms with van der Waals surface area (Å²) in [6.07, 6.45) is 1.69. The molecular formula is C20H29IN4O3. The van der Waals surface area contributed by atoms with E-state index in [-0.39, 0.29) is 35.5 Å². The largest absolute Gasteiger partial charge is 0.486 e. The Morgan fingerprint density at radius 2 is 1.96 bits per heavy atom. The molecule has 8 heteroatoms. The van der Waals surface area contributed by atoms with Gasteiger partial charge in [0.2, 0.25) is 5.89 Å². The number of guanidine groups is 1. The lowest BCUT2D eigenvalue weighted by molar-refractivity contribution is 0.0936. The van der Waals surface area contributed by atoms with Crippen LogP contribution >= 0.6 is 24.0 Å². The van der Waals surface area contributed by atoms with Crippen LogP contribution in [0.2, 0.25) is 0 Å². The minimum absolute atomic E-state index is 0. The number of aliphatic imine (C=N–C) groups is 1. The zero-order valence-electron chi connectivity index (χ0n) is 16.8. The fourth-order valence-electron chi connectivity index (χ4n) is 2.59.